The van der Waals surface area contributed by atoms with Gasteiger partial charge in [-0.05, 0) is 31.2 Å². The summed E-state index contributed by atoms with van der Waals surface area (Å²) in [4.78, 5) is 20.4. The second-order valence-corrected chi connectivity index (χ2v) is 9.37. The van der Waals surface area contributed by atoms with Gasteiger partial charge in [0.1, 0.15) is 11.4 Å². The Morgan fingerprint density at radius 2 is 1.97 bits per heavy atom. The van der Waals surface area contributed by atoms with Crippen LogP contribution in [0.1, 0.15) is 43.4 Å². The summed E-state index contributed by atoms with van der Waals surface area (Å²) in [5.74, 6) is 0.587. The molecule has 4 rings (SSSR count). The molecule has 3 heterocycles. The number of aromatic nitrogens is 3. The van der Waals surface area contributed by atoms with Gasteiger partial charge in [-0.3, -0.25) is 9.69 Å². The van der Waals surface area contributed by atoms with E-state index in [1.54, 1.807) is 17.7 Å². The fraction of sp³-hybridized carbons (Fsp3) is 0.480. The van der Waals surface area contributed by atoms with E-state index in [0.29, 0.717) is 23.6 Å². The molecule has 33 heavy (non-hydrogen) atoms. The van der Waals surface area contributed by atoms with E-state index >= 15 is 0 Å². The molecular formula is C25H33N5O3. The highest BCUT2D eigenvalue weighted by Gasteiger charge is 2.22. The molecule has 176 valence electrons. The van der Waals surface area contributed by atoms with Crippen LogP contribution in [0.25, 0.3) is 16.9 Å². The second kappa shape index (κ2) is 9.89. The molecule has 0 bridgehead atoms. The number of carbonyl (C=O) groups is 1. The lowest BCUT2D eigenvalue weighted by molar-refractivity contribution is 0.0374. The first-order valence-electron chi connectivity index (χ1n) is 11.5. The van der Waals surface area contributed by atoms with Crippen LogP contribution in [-0.4, -0.2) is 71.9 Å². The minimum Gasteiger partial charge on any atom is -0.497 e. The van der Waals surface area contributed by atoms with Gasteiger partial charge in [-0.1, -0.05) is 32.9 Å². The fourth-order valence-electron chi connectivity index (χ4n) is 3.85. The number of nitrogens with one attached hydrogen (secondary N) is 1. The molecule has 0 unspecified atom stereocenters. The molecule has 0 spiro atoms. The highest BCUT2D eigenvalue weighted by molar-refractivity contribution is 5.94. The van der Waals surface area contributed by atoms with E-state index in [0.717, 1.165) is 56.3 Å². The number of benzene rings is 1. The van der Waals surface area contributed by atoms with E-state index in [9.17, 15) is 4.79 Å². The highest BCUT2D eigenvalue weighted by atomic mass is 16.5. The van der Waals surface area contributed by atoms with Crippen LogP contribution >= 0.6 is 0 Å². The Morgan fingerprint density at radius 1 is 1.18 bits per heavy atom. The number of fused-ring (bicyclic) bond motifs is 1. The van der Waals surface area contributed by atoms with Crippen LogP contribution < -0.4 is 10.1 Å². The molecule has 2 aromatic heterocycles. The fourth-order valence-corrected chi connectivity index (χ4v) is 3.85. The highest BCUT2D eigenvalue weighted by Crippen LogP contribution is 2.27. The Morgan fingerprint density at radius 3 is 2.70 bits per heavy atom. The molecule has 1 fully saturated rings. The average molecular weight is 452 g/mol. The Labute approximate surface area is 194 Å². The zero-order chi connectivity index (χ0) is 23.4. The lowest BCUT2D eigenvalue weighted by atomic mass is 9.93. The predicted molar refractivity (Wildman–Crippen MR) is 128 cm³/mol. The van der Waals surface area contributed by atoms with Crippen molar-refractivity contribution >= 4 is 11.6 Å². The molecule has 1 aliphatic rings. The number of amides is 1. The summed E-state index contributed by atoms with van der Waals surface area (Å²) in [5.41, 5.74) is 3.45. The van der Waals surface area contributed by atoms with E-state index in [2.05, 4.69) is 31.0 Å². The van der Waals surface area contributed by atoms with Crippen LogP contribution in [0.5, 0.6) is 5.75 Å². The number of morpholine rings is 1. The number of nitrogens with zero attached hydrogens (tertiary/aromatic N) is 4. The third kappa shape index (κ3) is 5.51. The lowest BCUT2D eigenvalue weighted by Crippen LogP contribution is -2.38. The molecule has 3 aromatic rings. The number of carbonyl (C=O) groups excluding carboxylic acids is 1. The summed E-state index contributed by atoms with van der Waals surface area (Å²) in [6, 6.07) is 11.5. The lowest BCUT2D eigenvalue weighted by Gasteiger charge is -2.26. The van der Waals surface area contributed by atoms with Gasteiger partial charge in [0.2, 0.25) is 0 Å². The number of methoxy groups -OCH3 is 1. The van der Waals surface area contributed by atoms with Crippen molar-refractivity contribution in [2.45, 2.75) is 32.6 Å². The van der Waals surface area contributed by atoms with Crippen LogP contribution in [-0.2, 0) is 10.2 Å². The van der Waals surface area contributed by atoms with Gasteiger partial charge >= 0.3 is 0 Å². The monoisotopic (exact) mass is 451 g/mol. The summed E-state index contributed by atoms with van der Waals surface area (Å²) >= 11 is 0. The minimum atomic E-state index is -0.157. The van der Waals surface area contributed by atoms with E-state index < -0.39 is 0 Å². The number of hydrogen-bond donors (Lipinski definition) is 1. The topological polar surface area (TPSA) is 81.0 Å². The zero-order valence-corrected chi connectivity index (χ0v) is 19.9. The third-order valence-corrected chi connectivity index (χ3v) is 5.83. The Bertz CT molecular complexity index is 1110. The molecule has 0 radical (unpaired) electrons. The molecule has 1 N–H and O–H groups in total. The third-order valence-electron chi connectivity index (χ3n) is 5.83. The van der Waals surface area contributed by atoms with Crippen molar-refractivity contribution in [1.29, 1.82) is 0 Å². The van der Waals surface area contributed by atoms with E-state index in [4.69, 9.17) is 19.6 Å². The maximum Gasteiger partial charge on any atom is 0.270 e. The second-order valence-electron chi connectivity index (χ2n) is 9.37. The normalized spacial score (nSPS) is 15.0. The molecule has 1 saturated heterocycles. The average Bonchev–Trinajstić information content (AvgIpc) is 3.27. The number of hydrogen-bond acceptors (Lipinski definition) is 6. The Kier molecular flexibility index (Phi) is 6.95. The van der Waals surface area contributed by atoms with Gasteiger partial charge in [0.05, 0.1) is 31.7 Å². The molecule has 1 aromatic carbocycles. The molecule has 0 atom stereocenters. The first-order valence-corrected chi connectivity index (χ1v) is 11.5. The van der Waals surface area contributed by atoms with E-state index in [1.807, 2.05) is 30.3 Å². The number of rotatable bonds is 7. The van der Waals surface area contributed by atoms with Crippen molar-refractivity contribution in [3.05, 3.63) is 47.8 Å². The summed E-state index contributed by atoms with van der Waals surface area (Å²) in [5, 5.41) is 7.79. The summed E-state index contributed by atoms with van der Waals surface area (Å²) in [7, 11) is 1.64. The Hall–Kier alpha value is -2.97. The molecule has 0 saturated carbocycles. The molecule has 1 amide bonds. The Balaban J connectivity index is 1.59. The van der Waals surface area contributed by atoms with E-state index in [-0.39, 0.29) is 11.3 Å². The predicted octanol–water partition coefficient (Wildman–Crippen LogP) is 3.15. The smallest absolute Gasteiger partial charge is 0.270 e. The van der Waals surface area contributed by atoms with Gasteiger partial charge < -0.3 is 14.8 Å². The first kappa shape index (κ1) is 23.2. The molecule has 0 aliphatic carbocycles. The van der Waals surface area contributed by atoms with Crippen LogP contribution in [0.4, 0.5) is 0 Å². The van der Waals surface area contributed by atoms with Gasteiger partial charge in [0.25, 0.3) is 5.91 Å². The SMILES string of the molecule is COc1cccc(-c2cc(C(=O)NCCCN3CCOCC3)n3nc(C(C)(C)C)cc3n2)c1. The largest absolute Gasteiger partial charge is 0.497 e. The van der Waals surface area contributed by atoms with Crippen LogP contribution in [0.3, 0.4) is 0 Å². The van der Waals surface area contributed by atoms with Crippen LogP contribution in [0, 0.1) is 0 Å². The zero-order valence-electron chi connectivity index (χ0n) is 19.9. The first-order chi connectivity index (χ1) is 15.8. The van der Waals surface area contributed by atoms with Crippen LogP contribution in [0.15, 0.2) is 36.4 Å². The van der Waals surface area contributed by atoms with Gasteiger partial charge in [-0.15, -0.1) is 0 Å². The van der Waals surface area contributed by atoms with Crippen molar-refractivity contribution in [2.24, 2.45) is 0 Å². The molecule has 8 heteroatoms. The van der Waals surface area contributed by atoms with Crippen molar-refractivity contribution < 1.29 is 14.3 Å². The van der Waals surface area contributed by atoms with Gasteiger partial charge in [0, 0.05) is 36.7 Å². The van der Waals surface area contributed by atoms with Gasteiger partial charge in [-0.25, -0.2) is 9.50 Å². The molecule has 1 aliphatic heterocycles. The van der Waals surface area contributed by atoms with Gasteiger partial charge in [0.15, 0.2) is 5.65 Å². The quantitative estimate of drug-likeness (QED) is 0.556. The van der Waals surface area contributed by atoms with Crippen molar-refractivity contribution in [1.82, 2.24) is 24.8 Å². The summed E-state index contributed by atoms with van der Waals surface area (Å²) < 4.78 is 12.4. The standard InChI is InChI=1S/C25H33N5O3/c1-25(2,3)22-17-23-27-20(18-7-5-8-19(15-18)32-4)16-21(30(23)28-22)24(31)26-9-6-10-29-11-13-33-14-12-29/h5,7-8,15-17H,6,9-14H2,1-4H3,(H,26,31). The summed E-state index contributed by atoms with van der Waals surface area (Å²) in [6.45, 7) is 11.3. The van der Waals surface area contributed by atoms with E-state index in [1.165, 1.54) is 0 Å². The summed E-state index contributed by atoms with van der Waals surface area (Å²) in [6.07, 6.45) is 0.884. The van der Waals surface area contributed by atoms with Crippen molar-refractivity contribution in [3.8, 4) is 17.0 Å². The van der Waals surface area contributed by atoms with Crippen LogP contribution in [0.2, 0.25) is 0 Å². The van der Waals surface area contributed by atoms with Gasteiger partial charge in [-0.2, -0.15) is 5.10 Å². The van der Waals surface area contributed by atoms with Crippen molar-refractivity contribution in [3.63, 3.8) is 0 Å². The maximum absolute atomic E-state index is 13.2. The molecular weight excluding hydrogens is 418 g/mol. The maximum atomic E-state index is 13.2. The minimum absolute atomic E-state index is 0.155. The van der Waals surface area contributed by atoms with Crippen molar-refractivity contribution in [2.75, 3.05) is 46.5 Å². The molecule has 8 nitrogen and oxygen atoms in total. The number of ether oxygens (including phenoxy) is 2.